The lowest BCUT2D eigenvalue weighted by atomic mass is 10.1. The topological polar surface area (TPSA) is 88.5 Å². The number of anilines is 1. The zero-order valence-corrected chi connectivity index (χ0v) is 17.2. The number of ether oxygens (including phenoxy) is 1. The van der Waals surface area contributed by atoms with E-state index in [9.17, 15) is 9.59 Å². The monoisotopic (exact) mass is 399 g/mol. The van der Waals surface area contributed by atoms with E-state index in [1.54, 1.807) is 18.0 Å². The number of nitrogens with one attached hydrogen (secondary N) is 2. The van der Waals surface area contributed by atoms with Gasteiger partial charge >= 0.3 is 0 Å². The zero-order valence-electron chi connectivity index (χ0n) is 17.2. The van der Waals surface area contributed by atoms with Crippen LogP contribution in [0.2, 0.25) is 0 Å². The van der Waals surface area contributed by atoms with E-state index in [4.69, 9.17) is 4.74 Å². The quantitative estimate of drug-likeness (QED) is 0.741. The third-order valence-corrected chi connectivity index (χ3v) is 5.25. The Morgan fingerprint density at radius 3 is 3.00 bits per heavy atom. The molecule has 8 nitrogen and oxygen atoms in total. The maximum Gasteiger partial charge on any atom is 0.242 e. The van der Waals surface area contributed by atoms with E-state index in [2.05, 4.69) is 15.7 Å². The number of aromatic nitrogens is 2. The number of carbonyl (C=O) groups excluding carboxylic acids is 2. The molecule has 0 unspecified atom stereocenters. The summed E-state index contributed by atoms with van der Waals surface area (Å²) in [5.41, 5.74) is 1.86. The first-order valence-corrected chi connectivity index (χ1v) is 9.94. The van der Waals surface area contributed by atoms with Crippen molar-refractivity contribution in [1.82, 2.24) is 20.4 Å². The molecular weight excluding hydrogens is 370 g/mol. The van der Waals surface area contributed by atoms with Crippen LogP contribution in [0, 0.1) is 0 Å². The zero-order chi connectivity index (χ0) is 20.8. The van der Waals surface area contributed by atoms with Gasteiger partial charge in [-0.25, -0.2) is 0 Å². The lowest BCUT2D eigenvalue weighted by Gasteiger charge is -2.30. The first-order chi connectivity index (χ1) is 14.0. The van der Waals surface area contributed by atoms with Crippen LogP contribution in [-0.2, 0) is 16.6 Å². The molecule has 2 heterocycles. The van der Waals surface area contributed by atoms with E-state index in [1.165, 1.54) is 0 Å². The predicted molar refractivity (Wildman–Crippen MR) is 111 cm³/mol. The molecule has 0 aliphatic carbocycles. The van der Waals surface area contributed by atoms with Gasteiger partial charge in [0.25, 0.3) is 0 Å². The van der Waals surface area contributed by atoms with Crippen LogP contribution in [0.15, 0.2) is 36.7 Å². The van der Waals surface area contributed by atoms with Crippen molar-refractivity contribution in [2.24, 2.45) is 7.05 Å². The van der Waals surface area contributed by atoms with E-state index >= 15 is 0 Å². The van der Waals surface area contributed by atoms with Crippen molar-refractivity contribution >= 4 is 17.5 Å². The summed E-state index contributed by atoms with van der Waals surface area (Å²) in [6.07, 6.45) is 6.13. The van der Waals surface area contributed by atoms with E-state index in [1.807, 2.05) is 49.3 Å². The maximum atomic E-state index is 12.8. The molecule has 1 fully saturated rings. The van der Waals surface area contributed by atoms with E-state index in [0.717, 1.165) is 29.8 Å². The molecule has 1 aromatic carbocycles. The minimum atomic E-state index is -0.479. The van der Waals surface area contributed by atoms with Crippen LogP contribution in [0.3, 0.4) is 0 Å². The molecular formula is C21H29N5O3. The summed E-state index contributed by atoms with van der Waals surface area (Å²) in [5, 5.41) is 10.0. The molecule has 2 N–H and O–H groups in total. The third kappa shape index (κ3) is 5.28. The fourth-order valence-corrected chi connectivity index (χ4v) is 3.56. The van der Waals surface area contributed by atoms with Gasteiger partial charge in [0.05, 0.1) is 31.6 Å². The molecule has 1 aliphatic heterocycles. The highest BCUT2D eigenvalue weighted by molar-refractivity contribution is 5.89. The van der Waals surface area contributed by atoms with Gasteiger partial charge in [0.15, 0.2) is 0 Å². The SMILES string of the molecule is COc1cccc([C@@H](C)N(CC(=O)N[C@@H]2CCCCNC2=O)c2cnn(C)c2)c1. The second kappa shape index (κ2) is 9.45. The molecule has 0 bridgehead atoms. The highest BCUT2D eigenvalue weighted by Crippen LogP contribution is 2.28. The minimum absolute atomic E-state index is 0.0944. The molecule has 1 aliphatic rings. The number of hydrogen-bond donors (Lipinski definition) is 2. The van der Waals surface area contributed by atoms with Crippen molar-refractivity contribution in [2.45, 2.75) is 38.3 Å². The standard InChI is InChI=1S/C21H29N5O3/c1-15(16-7-6-8-18(11-16)29-3)26(17-12-23-25(2)13-17)14-20(27)24-19-9-4-5-10-22-21(19)28/h6-8,11-13,15,19H,4-5,9-10,14H2,1-3H3,(H,22,28)(H,24,27)/t15-,19-/m1/s1. The lowest BCUT2D eigenvalue weighted by Crippen LogP contribution is -2.49. The average molecular weight is 399 g/mol. The van der Waals surface area contributed by atoms with Crippen LogP contribution in [0.1, 0.15) is 37.8 Å². The average Bonchev–Trinajstić information content (AvgIpc) is 3.05. The largest absolute Gasteiger partial charge is 0.497 e. The Bertz CT molecular complexity index is 850. The third-order valence-electron chi connectivity index (χ3n) is 5.25. The predicted octanol–water partition coefficient (Wildman–Crippen LogP) is 1.78. The summed E-state index contributed by atoms with van der Waals surface area (Å²) in [4.78, 5) is 27.0. The summed E-state index contributed by atoms with van der Waals surface area (Å²) in [5.74, 6) is 0.468. The number of methoxy groups -OCH3 is 1. The van der Waals surface area contributed by atoms with Crippen LogP contribution in [0.25, 0.3) is 0 Å². The Morgan fingerprint density at radius 2 is 2.28 bits per heavy atom. The van der Waals surface area contributed by atoms with E-state index in [0.29, 0.717) is 13.0 Å². The number of amides is 2. The second-order valence-corrected chi connectivity index (χ2v) is 7.36. The molecule has 1 aromatic heterocycles. The van der Waals surface area contributed by atoms with Gasteiger partial charge < -0.3 is 20.3 Å². The normalized spacial score (nSPS) is 17.8. The molecule has 2 aromatic rings. The highest BCUT2D eigenvalue weighted by Gasteiger charge is 2.26. The van der Waals surface area contributed by atoms with Crippen molar-refractivity contribution < 1.29 is 14.3 Å². The molecule has 0 spiro atoms. The van der Waals surface area contributed by atoms with Gasteiger partial charge in [0.2, 0.25) is 11.8 Å². The van der Waals surface area contributed by atoms with E-state index in [-0.39, 0.29) is 24.4 Å². The van der Waals surface area contributed by atoms with Crippen LogP contribution >= 0.6 is 0 Å². The fourth-order valence-electron chi connectivity index (χ4n) is 3.56. The van der Waals surface area contributed by atoms with Gasteiger partial charge in [-0.2, -0.15) is 5.10 Å². The van der Waals surface area contributed by atoms with Crippen molar-refractivity contribution in [1.29, 1.82) is 0 Å². The van der Waals surface area contributed by atoms with Crippen LogP contribution in [0.4, 0.5) is 5.69 Å². The summed E-state index contributed by atoms with van der Waals surface area (Å²) >= 11 is 0. The Kier molecular flexibility index (Phi) is 6.74. The Hall–Kier alpha value is -3.03. The van der Waals surface area contributed by atoms with Gasteiger partial charge in [-0.3, -0.25) is 14.3 Å². The molecule has 2 amide bonds. The number of benzene rings is 1. The fraction of sp³-hybridized carbons (Fsp3) is 0.476. The van der Waals surface area contributed by atoms with Gasteiger partial charge in [0, 0.05) is 19.8 Å². The van der Waals surface area contributed by atoms with Crippen LogP contribution < -0.4 is 20.3 Å². The number of hydrogen-bond acceptors (Lipinski definition) is 5. The number of aryl methyl sites for hydroxylation is 1. The number of nitrogens with zero attached hydrogens (tertiary/aromatic N) is 3. The van der Waals surface area contributed by atoms with E-state index < -0.39 is 6.04 Å². The van der Waals surface area contributed by atoms with Crippen molar-refractivity contribution in [3.05, 3.63) is 42.2 Å². The summed E-state index contributed by atoms with van der Waals surface area (Å²) in [7, 11) is 3.47. The first-order valence-electron chi connectivity index (χ1n) is 9.94. The number of carbonyl (C=O) groups is 2. The van der Waals surface area contributed by atoms with Crippen LogP contribution in [-0.4, -0.2) is 47.8 Å². The first kappa shape index (κ1) is 20.7. The Balaban J connectivity index is 1.78. The molecule has 0 saturated carbocycles. The molecule has 8 heteroatoms. The molecule has 0 radical (unpaired) electrons. The summed E-state index contributed by atoms with van der Waals surface area (Å²) in [6.45, 7) is 2.82. The second-order valence-electron chi connectivity index (χ2n) is 7.36. The Labute approximate surface area is 171 Å². The molecule has 2 atom stereocenters. The van der Waals surface area contributed by atoms with Gasteiger partial charge in [-0.1, -0.05) is 12.1 Å². The summed E-state index contributed by atoms with van der Waals surface area (Å²) in [6, 6.07) is 7.22. The van der Waals surface area contributed by atoms with Crippen molar-refractivity contribution in [3.63, 3.8) is 0 Å². The number of rotatable bonds is 7. The molecule has 1 saturated heterocycles. The maximum absolute atomic E-state index is 12.8. The minimum Gasteiger partial charge on any atom is -0.497 e. The summed E-state index contributed by atoms with van der Waals surface area (Å²) < 4.78 is 7.05. The van der Waals surface area contributed by atoms with Crippen molar-refractivity contribution in [2.75, 3.05) is 25.1 Å². The lowest BCUT2D eigenvalue weighted by molar-refractivity contribution is -0.128. The van der Waals surface area contributed by atoms with Crippen LogP contribution in [0.5, 0.6) is 5.75 Å². The molecule has 156 valence electrons. The molecule has 29 heavy (non-hydrogen) atoms. The Morgan fingerprint density at radius 1 is 1.45 bits per heavy atom. The van der Waals surface area contributed by atoms with Gasteiger partial charge in [0.1, 0.15) is 11.8 Å². The smallest absolute Gasteiger partial charge is 0.242 e. The highest BCUT2D eigenvalue weighted by atomic mass is 16.5. The molecule has 3 rings (SSSR count). The van der Waals surface area contributed by atoms with Gasteiger partial charge in [-0.15, -0.1) is 0 Å². The van der Waals surface area contributed by atoms with Gasteiger partial charge in [-0.05, 0) is 43.9 Å². The van der Waals surface area contributed by atoms with Crippen molar-refractivity contribution in [3.8, 4) is 5.75 Å².